The molecule has 1 heterocycles. The number of methoxy groups -OCH3 is 1. The van der Waals surface area contributed by atoms with Crippen LogP contribution in [0.5, 0.6) is 5.75 Å². The fraction of sp³-hybridized carbons (Fsp3) is 0.421. The predicted molar refractivity (Wildman–Crippen MR) is 105 cm³/mol. The van der Waals surface area contributed by atoms with Crippen molar-refractivity contribution in [2.75, 3.05) is 12.9 Å². The highest BCUT2D eigenvalue weighted by Gasteiger charge is 2.18. The van der Waals surface area contributed by atoms with Gasteiger partial charge in [-0.2, -0.15) is 0 Å². The molecule has 26 heavy (non-hydrogen) atoms. The molecule has 7 heteroatoms. The molecule has 1 aromatic heterocycles. The Hall–Kier alpha value is -2.28. The van der Waals surface area contributed by atoms with Gasteiger partial charge in [-0.1, -0.05) is 43.8 Å². The summed E-state index contributed by atoms with van der Waals surface area (Å²) < 4.78 is 7.37. The molecule has 1 N–H and O–H groups in total. The lowest BCUT2D eigenvalue weighted by Crippen LogP contribution is -2.37. The van der Waals surface area contributed by atoms with Crippen LogP contribution in [0.25, 0.3) is 11.4 Å². The highest BCUT2D eigenvalue weighted by Crippen LogP contribution is 2.30. The number of ether oxygens (including phenoxy) is 1. The summed E-state index contributed by atoms with van der Waals surface area (Å²) >= 11 is 1.37. The van der Waals surface area contributed by atoms with Crippen molar-refractivity contribution in [3.8, 4) is 17.1 Å². The number of carbonyl (C=O) groups excluding carboxylic acids is 1. The van der Waals surface area contributed by atoms with Gasteiger partial charge in [0, 0.05) is 12.6 Å². The summed E-state index contributed by atoms with van der Waals surface area (Å²) in [5.41, 5.74) is 0.856. The summed E-state index contributed by atoms with van der Waals surface area (Å²) in [5, 5.41) is 12.3. The van der Waals surface area contributed by atoms with Gasteiger partial charge in [-0.05, 0) is 25.0 Å². The van der Waals surface area contributed by atoms with E-state index in [2.05, 4.69) is 35.9 Å². The van der Waals surface area contributed by atoms with E-state index < -0.39 is 0 Å². The zero-order valence-electron chi connectivity index (χ0n) is 15.7. The maximum Gasteiger partial charge on any atom is 0.230 e. The molecule has 0 unspecified atom stereocenters. The van der Waals surface area contributed by atoms with Crippen molar-refractivity contribution < 1.29 is 9.53 Å². The van der Waals surface area contributed by atoms with Crippen LogP contribution in [0, 0.1) is 5.92 Å². The third kappa shape index (κ3) is 4.88. The Morgan fingerprint density at radius 1 is 1.35 bits per heavy atom. The first-order chi connectivity index (χ1) is 12.5. The average molecular weight is 375 g/mol. The second-order valence-corrected chi connectivity index (χ2v) is 7.24. The lowest BCUT2D eigenvalue weighted by molar-refractivity contribution is -0.119. The van der Waals surface area contributed by atoms with E-state index in [9.17, 15) is 4.79 Å². The van der Waals surface area contributed by atoms with Crippen LogP contribution in [-0.4, -0.2) is 39.6 Å². The highest BCUT2D eigenvalue weighted by molar-refractivity contribution is 7.99. The molecule has 0 bridgehead atoms. The number of nitrogens with zero attached hydrogens (tertiary/aromatic N) is 3. The highest BCUT2D eigenvalue weighted by atomic mass is 32.2. The number of aromatic nitrogens is 3. The van der Waals surface area contributed by atoms with Crippen LogP contribution >= 0.6 is 11.8 Å². The van der Waals surface area contributed by atoms with Crippen molar-refractivity contribution in [1.29, 1.82) is 0 Å². The van der Waals surface area contributed by atoms with Crippen LogP contribution in [0.2, 0.25) is 0 Å². The second kappa shape index (κ2) is 9.43. The summed E-state index contributed by atoms with van der Waals surface area (Å²) in [6.07, 6.45) is 1.78. The monoisotopic (exact) mass is 374 g/mol. The summed E-state index contributed by atoms with van der Waals surface area (Å²) in [4.78, 5) is 12.1. The fourth-order valence-corrected chi connectivity index (χ4v) is 3.07. The lowest BCUT2D eigenvalue weighted by Gasteiger charge is -2.17. The Balaban J connectivity index is 2.19. The molecule has 0 aliphatic carbocycles. The van der Waals surface area contributed by atoms with Crippen molar-refractivity contribution >= 4 is 17.7 Å². The van der Waals surface area contributed by atoms with E-state index in [1.165, 1.54) is 11.8 Å². The number of rotatable bonds is 9. The fourth-order valence-electron chi connectivity index (χ4n) is 2.31. The second-order valence-electron chi connectivity index (χ2n) is 6.29. The van der Waals surface area contributed by atoms with E-state index in [1.807, 2.05) is 35.8 Å². The zero-order chi connectivity index (χ0) is 19.1. The number of carbonyl (C=O) groups is 1. The van der Waals surface area contributed by atoms with Gasteiger partial charge in [0.1, 0.15) is 5.75 Å². The quantitative estimate of drug-likeness (QED) is 0.538. The van der Waals surface area contributed by atoms with Crippen molar-refractivity contribution in [2.24, 2.45) is 5.92 Å². The average Bonchev–Trinajstić information content (AvgIpc) is 3.02. The van der Waals surface area contributed by atoms with Crippen molar-refractivity contribution in [1.82, 2.24) is 20.1 Å². The molecule has 1 amide bonds. The van der Waals surface area contributed by atoms with Crippen LogP contribution in [0.15, 0.2) is 42.1 Å². The van der Waals surface area contributed by atoms with E-state index in [0.717, 1.165) is 11.3 Å². The van der Waals surface area contributed by atoms with Crippen molar-refractivity contribution in [2.45, 2.75) is 38.5 Å². The topological polar surface area (TPSA) is 69.0 Å². The molecule has 0 radical (unpaired) electrons. The maximum absolute atomic E-state index is 12.1. The SMILES string of the molecule is C=CCn1c(SCC(=O)N[C@H](C)C(C)C)nnc1-c1ccccc1OC. The minimum atomic E-state index is -0.0109. The molecular formula is C19H26N4O2S. The van der Waals surface area contributed by atoms with Gasteiger partial charge in [-0.3, -0.25) is 9.36 Å². The zero-order valence-corrected chi connectivity index (χ0v) is 16.5. The third-order valence-corrected chi connectivity index (χ3v) is 5.06. The summed E-state index contributed by atoms with van der Waals surface area (Å²) in [5.74, 6) is 2.10. The van der Waals surface area contributed by atoms with Gasteiger partial charge >= 0.3 is 0 Å². The number of allylic oxidation sites excluding steroid dienone is 1. The van der Waals surface area contributed by atoms with E-state index >= 15 is 0 Å². The molecule has 140 valence electrons. The normalized spacial score (nSPS) is 12.0. The van der Waals surface area contributed by atoms with Gasteiger partial charge in [0.05, 0.1) is 18.4 Å². The smallest absolute Gasteiger partial charge is 0.230 e. The van der Waals surface area contributed by atoms with Gasteiger partial charge in [0.2, 0.25) is 5.91 Å². The van der Waals surface area contributed by atoms with Gasteiger partial charge < -0.3 is 10.1 Å². The van der Waals surface area contributed by atoms with Crippen molar-refractivity contribution in [3.05, 3.63) is 36.9 Å². The van der Waals surface area contributed by atoms with Crippen LogP contribution < -0.4 is 10.1 Å². The number of hydrogen-bond donors (Lipinski definition) is 1. The van der Waals surface area contributed by atoms with Gasteiger partial charge in [-0.25, -0.2) is 0 Å². The number of hydrogen-bond acceptors (Lipinski definition) is 5. The van der Waals surface area contributed by atoms with Crippen molar-refractivity contribution in [3.63, 3.8) is 0 Å². The summed E-state index contributed by atoms with van der Waals surface area (Å²) in [6, 6.07) is 7.80. The largest absolute Gasteiger partial charge is 0.496 e. The molecular weight excluding hydrogens is 348 g/mol. The van der Waals surface area contributed by atoms with Gasteiger partial charge in [-0.15, -0.1) is 16.8 Å². The van der Waals surface area contributed by atoms with Crippen LogP contribution in [-0.2, 0) is 11.3 Å². The number of para-hydroxylation sites is 1. The molecule has 1 atom stereocenters. The maximum atomic E-state index is 12.1. The first-order valence-corrected chi connectivity index (χ1v) is 9.56. The standard InChI is InChI=1S/C19H26N4O2S/c1-6-11-23-18(15-9-7-8-10-16(15)25-5)21-22-19(23)26-12-17(24)20-14(4)13(2)3/h6-10,13-14H,1,11-12H2,2-5H3,(H,20,24)/t14-/m1/s1. The van der Waals surface area contributed by atoms with Crippen LogP contribution in [0.1, 0.15) is 20.8 Å². The Kier molecular flexibility index (Phi) is 7.26. The summed E-state index contributed by atoms with van der Waals surface area (Å²) in [7, 11) is 1.63. The molecule has 0 aliphatic rings. The van der Waals surface area contributed by atoms with Gasteiger partial charge in [0.15, 0.2) is 11.0 Å². The minimum Gasteiger partial charge on any atom is -0.496 e. The molecule has 0 fully saturated rings. The number of thioether (sulfide) groups is 1. The van der Waals surface area contributed by atoms with E-state index in [4.69, 9.17) is 4.74 Å². The predicted octanol–water partition coefficient (Wildman–Crippen LogP) is 3.39. The van der Waals surface area contributed by atoms with Crippen LogP contribution in [0.3, 0.4) is 0 Å². The molecule has 1 aromatic carbocycles. The molecule has 0 saturated heterocycles. The minimum absolute atomic E-state index is 0.0109. The number of benzene rings is 1. The first-order valence-electron chi connectivity index (χ1n) is 8.57. The van der Waals surface area contributed by atoms with E-state index in [1.54, 1.807) is 13.2 Å². The molecule has 0 aliphatic heterocycles. The molecule has 6 nitrogen and oxygen atoms in total. The molecule has 0 saturated carbocycles. The Bertz CT molecular complexity index is 758. The first kappa shape index (κ1) is 20.0. The molecule has 0 spiro atoms. The molecule has 2 rings (SSSR count). The Labute approximate surface area is 159 Å². The third-order valence-electron chi connectivity index (χ3n) is 4.10. The Morgan fingerprint density at radius 3 is 2.73 bits per heavy atom. The van der Waals surface area contributed by atoms with E-state index in [-0.39, 0.29) is 17.7 Å². The van der Waals surface area contributed by atoms with Crippen LogP contribution in [0.4, 0.5) is 0 Å². The lowest BCUT2D eigenvalue weighted by atomic mass is 10.1. The molecule has 2 aromatic rings. The Morgan fingerprint density at radius 2 is 2.08 bits per heavy atom. The van der Waals surface area contributed by atoms with Gasteiger partial charge in [0.25, 0.3) is 0 Å². The summed E-state index contributed by atoms with van der Waals surface area (Å²) in [6.45, 7) is 10.5. The number of amides is 1. The van der Waals surface area contributed by atoms with E-state index in [0.29, 0.717) is 23.4 Å². The number of nitrogens with one attached hydrogen (secondary N) is 1.